The lowest BCUT2D eigenvalue weighted by Gasteiger charge is -1.98. The van der Waals surface area contributed by atoms with Gasteiger partial charge in [0.05, 0.1) is 0 Å². The van der Waals surface area contributed by atoms with Crippen LogP contribution in [0.3, 0.4) is 0 Å². The molecule has 1 N–H and O–H groups in total. The van der Waals surface area contributed by atoms with Gasteiger partial charge in [-0.3, -0.25) is 0 Å². The SMILES string of the molecule is CC(/C=C/C=C(\C)c1ccccc1)=C\C(=O)O. The zero-order chi connectivity index (χ0) is 12.7. The van der Waals surface area contributed by atoms with Crippen molar-refractivity contribution in [3.63, 3.8) is 0 Å². The van der Waals surface area contributed by atoms with Gasteiger partial charge in [-0.1, -0.05) is 48.6 Å². The molecule has 1 rings (SSSR count). The van der Waals surface area contributed by atoms with Crippen molar-refractivity contribution in [1.82, 2.24) is 0 Å². The summed E-state index contributed by atoms with van der Waals surface area (Å²) in [4.78, 5) is 10.4. The molecule has 0 aliphatic rings. The largest absolute Gasteiger partial charge is 0.478 e. The Balaban J connectivity index is 2.72. The van der Waals surface area contributed by atoms with E-state index in [0.717, 1.165) is 16.7 Å². The predicted molar refractivity (Wildman–Crippen MR) is 70.6 cm³/mol. The van der Waals surface area contributed by atoms with E-state index in [2.05, 4.69) is 0 Å². The third-order valence-electron chi connectivity index (χ3n) is 2.29. The van der Waals surface area contributed by atoms with Crippen LogP contribution in [0, 0.1) is 0 Å². The van der Waals surface area contributed by atoms with Crippen LogP contribution >= 0.6 is 0 Å². The molecule has 1 aromatic carbocycles. The number of carbonyl (C=O) groups is 1. The lowest BCUT2D eigenvalue weighted by Crippen LogP contribution is -1.87. The van der Waals surface area contributed by atoms with Crippen molar-refractivity contribution < 1.29 is 9.90 Å². The Morgan fingerprint density at radius 2 is 1.82 bits per heavy atom. The summed E-state index contributed by atoms with van der Waals surface area (Å²) in [6.07, 6.45) is 6.79. The Labute approximate surface area is 102 Å². The zero-order valence-electron chi connectivity index (χ0n) is 10.1. The first-order valence-corrected chi connectivity index (χ1v) is 5.41. The fourth-order valence-electron chi connectivity index (χ4n) is 1.38. The van der Waals surface area contributed by atoms with Crippen LogP contribution in [-0.4, -0.2) is 11.1 Å². The van der Waals surface area contributed by atoms with E-state index in [0.29, 0.717) is 0 Å². The van der Waals surface area contributed by atoms with E-state index >= 15 is 0 Å². The van der Waals surface area contributed by atoms with Gasteiger partial charge >= 0.3 is 5.97 Å². The summed E-state index contributed by atoms with van der Waals surface area (Å²) in [5, 5.41) is 8.54. The molecule has 88 valence electrons. The van der Waals surface area contributed by atoms with Crippen LogP contribution < -0.4 is 0 Å². The van der Waals surface area contributed by atoms with Crippen LogP contribution in [0.2, 0.25) is 0 Å². The number of benzene rings is 1. The number of allylic oxidation sites excluding steroid dienone is 5. The highest BCUT2D eigenvalue weighted by Crippen LogP contribution is 2.12. The first-order valence-electron chi connectivity index (χ1n) is 5.41. The molecular weight excluding hydrogens is 212 g/mol. The van der Waals surface area contributed by atoms with E-state index in [1.807, 2.05) is 49.4 Å². The highest BCUT2D eigenvalue weighted by atomic mass is 16.4. The summed E-state index contributed by atoms with van der Waals surface area (Å²) >= 11 is 0. The molecule has 17 heavy (non-hydrogen) atoms. The van der Waals surface area contributed by atoms with Gasteiger partial charge in [-0.25, -0.2) is 4.79 Å². The quantitative estimate of drug-likeness (QED) is 0.630. The molecule has 2 nitrogen and oxygen atoms in total. The van der Waals surface area contributed by atoms with Gasteiger partial charge in [0.1, 0.15) is 0 Å². The fourth-order valence-corrected chi connectivity index (χ4v) is 1.38. The normalized spacial score (nSPS) is 13.1. The van der Waals surface area contributed by atoms with Crippen LogP contribution in [-0.2, 0) is 4.79 Å². The molecular formula is C15H16O2. The molecule has 0 saturated carbocycles. The standard InChI is InChI=1S/C15H16O2/c1-12(11-15(16)17)7-6-8-13(2)14-9-4-3-5-10-14/h3-11H,1-2H3,(H,16,17)/b7-6+,12-11+,13-8+. The minimum absolute atomic E-state index is 0.717. The Bertz CT molecular complexity index is 465. The summed E-state index contributed by atoms with van der Waals surface area (Å²) in [7, 11) is 0. The highest BCUT2D eigenvalue weighted by Gasteiger charge is 1.91. The average molecular weight is 228 g/mol. The number of carboxylic acid groups (broad SMARTS) is 1. The molecule has 2 heteroatoms. The van der Waals surface area contributed by atoms with Crippen molar-refractivity contribution in [3.05, 3.63) is 65.8 Å². The van der Waals surface area contributed by atoms with Crippen LogP contribution in [0.15, 0.2) is 60.2 Å². The molecule has 0 amide bonds. The molecule has 1 aromatic rings. The fraction of sp³-hybridized carbons (Fsp3) is 0.133. The maximum absolute atomic E-state index is 10.4. The molecule has 0 spiro atoms. The lowest BCUT2D eigenvalue weighted by molar-refractivity contribution is -0.131. The second-order valence-electron chi connectivity index (χ2n) is 3.80. The first kappa shape index (κ1) is 13.0. The summed E-state index contributed by atoms with van der Waals surface area (Å²) in [5.41, 5.74) is 3.02. The summed E-state index contributed by atoms with van der Waals surface area (Å²) in [6, 6.07) is 10.0. The van der Waals surface area contributed by atoms with Gasteiger partial charge in [-0.05, 0) is 30.6 Å². The smallest absolute Gasteiger partial charge is 0.328 e. The number of aliphatic carboxylic acids is 1. The summed E-state index contributed by atoms with van der Waals surface area (Å²) in [6.45, 7) is 3.78. The number of hydrogen-bond acceptors (Lipinski definition) is 1. The van der Waals surface area contributed by atoms with E-state index in [1.165, 1.54) is 6.08 Å². The second kappa shape index (κ2) is 6.48. The molecule has 0 atom stereocenters. The van der Waals surface area contributed by atoms with Gasteiger partial charge in [-0.15, -0.1) is 0 Å². The minimum Gasteiger partial charge on any atom is -0.478 e. The van der Waals surface area contributed by atoms with Gasteiger partial charge in [0.2, 0.25) is 0 Å². The Hall–Kier alpha value is -2.09. The second-order valence-corrected chi connectivity index (χ2v) is 3.80. The topological polar surface area (TPSA) is 37.3 Å². The molecule has 0 aliphatic heterocycles. The number of carboxylic acids is 1. The Kier molecular flexibility index (Phi) is 4.95. The Morgan fingerprint density at radius 1 is 1.18 bits per heavy atom. The van der Waals surface area contributed by atoms with Crippen molar-refractivity contribution in [2.45, 2.75) is 13.8 Å². The van der Waals surface area contributed by atoms with Gasteiger partial charge in [0.15, 0.2) is 0 Å². The van der Waals surface area contributed by atoms with Crippen molar-refractivity contribution in [1.29, 1.82) is 0 Å². The maximum atomic E-state index is 10.4. The molecule has 0 radical (unpaired) electrons. The average Bonchev–Trinajstić information content (AvgIpc) is 2.29. The zero-order valence-corrected chi connectivity index (χ0v) is 10.1. The molecule has 0 heterocycles. The predicted octanol–water partition coefficient (Wildman–Crippen LogP) is 3.68. The monoisotopic (exact) mass is 228 g/mol. The third-order valence-corrected chi connectivity index (χ3v) is 2.29. The van der Waals surface area contributed by atoms with Crippen molar-refractivity contribution in [2.24, 2.45) is 0 Å². The maximum Gasteiger partial charge on any atom is 0.328 e. The molecule has 0 unspecified atom stereocenters. The first-order chi connectivity index (χ1) is 8.09. The number of hydrogen-bond donors (Lipinski definition) is 1. The number of rotatable bonds is 4. The minimum atomic E-state index is -0.920. The van der Waals surface area contributed by atoms with E-state index in [-0.39, 0.29) is 0 Å². The van der Waals surface area contributed by atoms with Gasteiger partial charge < -0.3 is 5.11 Å². The molecule has 0 fully saturated rings. The van der Waals surface area contributed by atoms with Crippen LogP contribution in [0.5, 0.6) is 0 Å². The van der Waals surface area contributed by atoms with Gasteiger partial charge in [0.25, 0.3) is 0 Å². The van der Waals surface area contributed by atoms with E-state index in [4.69, 9.17) is 5.11 Å². The van der Waals surface area contributed by atoms with Gasteiger partial charge in [-0.2, -0.15) is 0 Å². The van der Waals surface area contributed by atoms with E-state index in [1.54, 1.807) is 13.0 Å². The molecule has 0 saturated heterocycles. The van der Waals surface area contributed by atoms with Crippen molar-refractivity contribution in [2.75, 3.05) is 0 Å². The summed E-state index contributed by atoms with van der Waals surface area (Å²) < 4.78 is 0. The lowest BCUT2D eigenvalue weighted by atomic mass is 10.1. The highest BCUT2D eigenvalue weighted by molar-refractivity contribution is 5.81. The van der Waals surface area contributed by atoms with Crippen molar-refractivity contribution in [3.8, 4) is 0 Å². The van der Waals surface area contributed by atoms with Crippen LogP contribution in [0.25, 0.3) is 5.57 Å². The molecule has 0 aromatic heterocycles. The van der Waals surface area contributed by atoms with Crippen LogP contribution in [0.4, 0.5) is 0 Å². The van der Waals surface area contributed by atoms with E-state index < -0.39 is 5.97 Å². The Morgan fingerprint density at radius 3 is 2.41 bits per heavy atom. The third kappa shape index (κ3) is 4.98. The van der Waals surface area contributed by atoms with Crippen LogP contribution in [0.1, 0.15) is 19.4 Å². The molecule has 0 aliphatic carbocycles. The summed E-state index contributed by atoms with van der Waals surface area (Å²) in [5.74, 6) is -0.920. The van der Waals surface area contributed by atoms with Gasteiger partial charge in [0, 0.05) is 6.08 Å². The molecule has 0 bridgehead atoms. The van der Waals surface area contributed by atoms with E-state index in [9.17, 15) is 4.79 Å². The van der Waals surface area contributed by atoms with Crippen molar-refractivity contribution >= 4 is 11.5 Å².